The fourth-order valence-electron chi connectivity index (χ4n) is 9.56. The summed E-state index contributed by atoms with van der Waals surface area (Å²) in [7, 11) is 1.50. The van der Waals surface area contributed by atoms with Crippen molar-refractivity contribution in [3.8, 4) is 0 Å². The van der Waals surface area contributed by atoms with Crippen molar-refractivity contribution in [1.82, 2.24) is 5.32 Å². The van der Waals surface area contributed by atoms with E-state index in [1.54, 1.807) is 0 Å². The van der Waals surface area contributed by atoms with Crippen LogP contribution in [-0.2, 0) is 27.9 Å². The van der Waals surface area contributed by atoms with Gasteiger partial charge in [-0.05, 0) is 76.7 Å². The Balaban J connectivity index is 5.15. The summed E-state index contributed by atoms with van der Waals surface area (Å²) in [5.74, 6) is -0.503. The molecule has 0 rings (SSSR count). The Labute approximate surface area is 489 Å². The fourth-order valence-corrected chi connectivity index (χ4v) is 10.3. The zero-order valence-electron chi connectivity index (χ0n) is 52.6. The van der Waals surface area contributed by atoms with Gasteiger partial charge in [0, 0.05) is 12.8 Å². The van der Waals surface area contributed by atoms with Crippen LogP contribution in [0, 0.1) is 0 Å². The highest BCUT2D eigenvalue weighted by atomic mass is 31.2. The molecule has 3 unspecified atom stereocenters. The molecule has 1 amide bonds. The Bertz CT molecular complexity index is 1580. The van der Waals surface area contributed by atoms with Gasteiger partial charge in [-0.15, -0.1) is 0 Å². The summed E-state index contributed by atoms with van der Waals surface area (Å²) in [6.07, 6.45) is 76.1. The Morgan fingerprint density at radius 1 is 0.456 bits per heavy atom. The maximum Gasteiger partial charge on any atom is 0.472 e. The average molecular weight is 1130 g/mol. The van der Waals surface area contributed by atoms with E-state index >= 15 is 0 Å². The second kappa shape index (κ2) is 58.6. The number of phosphoric ester groups is 1. The summed E-state index contributed by atoms with van der Waals surface area (Å²) < 4.78 is 30.8. The minimum Gasteiger partial charge on any atom is -0.456 e. The molecule has 0 fully saturated rings. The molecule has 0 aliphatic heterocycles. The maximum absolute atomic E-state index is 13.6. The van der Waals surface area contributed by atoms with E-state index in [1.807, 2.05) is 33.3 Å². The number of allylic oxidation sites excluding steroid dienone is 11. The minimum absolute atomic E-state index is 0.0389. The molecule has 0 bridgehead atoms. The molecular formula is C69H128N2O7P+. The van der Waals surface area contributed by atoms with E-state index in [-0.39, 0.29) is 31.5 Å². The predicted molar refractivity (Wildman–Crippen MR) is 341 cm³/mol. The first-order valence-corrected chi connectivity index (χ1v) is 34.8. The SMILES string of the molecule is CC/C=C\C/C=C\C/C=C\C/C=C\C/C=C\CCCCCCCCCCCC(=O)OC(/C=C/CCCCCCCCCCCCC)C(COP(=O)(O)OCC[N+](C)(C)C)NC(=O)CCCCCCCCCCCCCCCCC. The normalized spacial score (nSPS) is 14.1. The van der Waals surface area contributed by atoms with Crippen molar-refractivity contribution in [2.24, 2.45) is 0 Å². The van der Waals surface area contributed by atoms with E-state index in [1.165, 1.54) is 167 Å². The largest absolute Gasteiger partial charge is 0.472 e. The molecule has 0 aromatic heterocycles. The van der Waals surface area contributed by atoms with Crippen molar-refractivity contribution < 1.29 is 37.3 Å². The van der Waals surface area contributed by atoms with Crippen molar-refractivity contribution in [2.45, 2.75) is 315 Å². The van der Waals surface area contributed by atoms with Gasteiger partial charge >= 0.3 is 13.8 Å². The quantitative estimate of drug-likeness (QED) is 0.0205. The van der Waals surface area contributed by atoms with Gasteiger partial charge in [-0.2, -0.15) is 0 Å². The van der Waals surface area contributed by atoms with Gasteiger partial charge in [0.2, 0.25) is 5.91 Å². The Hall–Kier alpha value is -2.55. The number of hydrogen-bond donors (Lipinski definition) is 2. The zero-order valence-corrected chi connectivity index (χ0v) is 53.5. The number of rotatable bonds is 60. The summed E-state index contributed by atoms with van der Waals surface area (Å²) in [4.78, 5) is 37.8. The summed E-state index contributed by atoms with van der Waals surface area (Å²) in [5, 5.41) is 3.06. The molecule has 79 heavy (non-hydrogen) atoms. The number of likely N-dealkylation sites (N-methyl/N-ethyl adjacent to an activating group) is 1. The van der Waals surface area contributed by atoms with E-state index in [2.05, 4.69) is 86.8 Å². The monoisotopic (exact) mass is 1130 g/mol. The molecule has 0 aromatic rings. The van der Waals surface area contributed by atoms with Crippen molar-refractivity contribution in [2.75, 3.05) is 40.9 Å². The number of carbonyl (C=O) groups excluding carboxylic acids is 2. The number of nitrogens with one attached hydrogen (secondary N) is 1. The molecule has 0 saturated heterocycles. The van der Waals surface area contributed by atoms with Crippen LogP contribution in [0.4, 0.5) is 0 Å². The van der Waals surface area contributed by atoms with Crippen LogP contribution < -0.4 is 5.32 Å². The topological polar surface area (TPSA) is 111 Å². The summed E-state index contributed by atoms with van der Waals surface area (Å²) >= 11 is 0. The van der Waals surface area contributed by atoms with Crippen LogP contribution in [0.2, 0.25) is 0 Å². The third-order valence-electron chi connectivity index (χ3n) is 14.7. The Morgan fingerprint density at radius 3 is 1.22 bits per heavy atom. The highest BCUT2D eigenvalue weighted by molar-refractivity contribution is 7.47. The lowest BCUT2D eigenvalue weighted by Gasteiger charge is -2.27. The molecule has 460 valence electrons. The summed E-state index contributed by atoms with van der Waals surface area (Å²) in [5.41, 5.74) is 0. The molecule has 0 aliphatic rings. The van der Waals surface area contributed by atoms with Crippen LogP contribution in [0.5, 0.6) is 0 Å². The number of phosphoric acid groups is 1. The van der Waals surface area contributed by atoms with E-state index in [4.69, 9.17) is 13.8 Å². The van der Waals surface area contributed by atoms with Gasteiger partial charge < -0.3 is 19.4 Å². The first-order valence-electron chi connectivity index (χ1n) is 33.3. The molecule has 9 nitrogen and oxygen atoms in total. The van der Waals surface area contributed by atoms with E-state index in [9.17, 15) is 19.0 Å². The highest BCUT2D eigenvalue weighted by Crippen LogP contribution is 2.43. The molecular weight excluding hydrogens is 1000 g/mol. The first-order chi connectivity index (χ1) is 38.4. The van der Waals surface area contributed by atoms with Crippen molar-refractivity contribution in [3.63, 3.8) is 0 Å². The molecule has 0 saturated carbocycles. The summed E-state index contributed by atoms with van der Waals surface area (Å²) in [6.45, 7) is 6.92. The second-order valence-corrected chi connectivity index (χ2v) is 25.1. The third kappa shape index (κ3) is 59.9. The lowest BCUT2D eigenvalue weighted by Crippen LogP contribution is -2.47. The molecule has 3 atom stereocenters. The van der Waals surface area contributed by atoms with Gasteiger partial charge in [-0.1, -0.05) is 287 Å². The molecule has 2 N–H and O–H groups in total. The number of hydrogen-bond acceptors (Lipinski definition) is 6. The minimum atomic E-state index is -4.45. The number of quaternary nitrogens is 1. The number of carbonyl (C=O) groups is 2. The van der Waals surface area contributed by atoms with Crippen LogP contribution >= 0.6 is 7.82 Å². The van der Waals surface area contributed by atoms with Crippen LogP contribution in [-0.4, -0.2) is 74.3 Å². The third-order valence-corrected chi connectivity index (χ3v) is 15.6. The molecule has 0 heterocycles. The van der Waals surface area contributed by atoms with Gasteiger partial charge in [0.1, 0.15) is 19.3 Å². The molecule has 0 spiro atoms. The van der Waals surface area contributed by atoms with Gasteiger partial charge in [0.05, 0.1) is 33.8 Å². The van der Waals surface area contributed by atoms with Crippen molar-refractivity contribution in [1.29, 1.82) is 0 Å². The fraction of sp³-hybridized carbons (Fsp3) is 0.797. The van der Waals surface area contributed by atoms with Crippen LogP contribution in [0.25, 0.3) is 0 Å². The number of unbranched alkanes of at least 4 members (excludes halogenated alkanes) is 34. The van der Waals surface area contributed by atoms with Crippen LogP contribution in [0.3, 0.4) is 0 Å². The number of amides is 1. The molecule has 0 aromatic carbocycles. The second-order valence-electron chi connectivity index (χ2n) is 23.6. The average Bonchev–Trinajstić information content (AvgIpc) is 3.41. The lowest BCUT2D eigenvalue weighted by molar-refractivity contribution is -0.870. The van der Waals surface area contributed by atoms with Crippen molar-refractivity contribution >= 4 is 19.7 Å². The van der Waals surface area contributed by atoms with E-state index in [0.29, 0.717) is 17.4 Å². The smallest absolute Gasteiger partial charge is 0.456 e. The number of nitrogens with zero attached hydrogens (tertiary/aromatic N) is 1. The van der Waals surface area contributed by atoms with Gasteiger partial charge in [0.15, 0.2) is 0 Å². The van der Waals surface area contributed by atoms with Crippen LogP contribution in [0.15, 0.2) is 72.9 Å². The van der Waals surface area contributed by atoms with Crippen molar-refractivity contribution in [3.05, 3.63) is 72.9 Å². The van der Waals surface area contributed by atoms with E-state index in [0.717, 1.165) is 103 Å². The molecule has 0 radical (unpaired) electrons. The summed E-state index contributed by atoms with van der Waals surface area (Å²) in [6, 6.07) is -0.851. The van der Waals surface area contributed by atoms with E-state index < -0.39 is 20.0 Å². The van der Waals surface area contributed by atoms with Gasteiger partial charge in [-0.3, -0.25) is 18.6 Å². The van der Waals surface area contributed by atoms with Gasteiger partial charge in [-0.25, -0.2) is 4.57 Å². The molecule has 10 heteroatoms. The lowest BCUT2D eigenvalue weighted by atomic mass is 10.0. The zero-order chi connectivity index (χ0) is 57.9. The standard InChI is InChI=1S/C69H127N2O7P/c1-7-10-13-16-19-22-25-28-30-31-32-33-34-35-36-37-38-39-41-44-47-50-53-56-59-62-69(73)78-67(60-57-54-51-48-45-42-27-24-21-18-15-12-9-3)66(65-77-79(74,75)76-64-63-71(4,5)6)70-68(72)61-58-55-52-49-46-43-40-29-26-23-20-17-14-11-8-2/h10,13,19,22,28,30,32-33,35-36,57,60,66-67H,7-9,11-12,14-18,20-21,23-27,29,31,34,37-56,58-59,61-65H2,1-6H3,(H-,70,72,74,75)/p+1/b13-10-,22-19-,30-28-,33-32-,36-35-,60-57+. The van der Waals surface area contributed by atoms with Crippen LogP contribution in [0.1, 0.15) is 303 Å². The predicted octanol–water partition coefficient (Wildman–Crippen LogP) is 20.8. The Morgan fingerprint density at radius 2 is 0.810 bits per heavy atom. The molecule has 0 aliphatic carbocycles. The number of esters is 1. The maximum atomic E-state index is 13.6. The number of ether oxygens (including phenoxy) is 1. The Kier molecular flexibility index (Phi) is 56.7. The highest BCUT2D eigenvalue weighted by Gasteiger charge is 2.30. The van der Waals surface area contributed by atoms with Gasteiger partial charge in [0.25, 0.3) is 0 Å². The first kappa shape index (κ1) is 76.5.